The summed E-state index contributed by atoms with van der Waals surface area (Å²) < 4.78 is 0. The number of rotatable bonds is 3. The van der Waals surface area contributed by atoms with Crippen molar-refractivity contribution in [3.8, 4) is 0 Å². The molecular formula is C13H20N2O. The summed E-state index contributed by atoms with van der Waals surface area (Å²) >= 11 is 0. The molecule has 3 heteroatoms. The van der Waals surface area contributed by atoms with Crippen molar-refractivity contribution < 1.29 is 5.11 Å². The predicted octanol–water partition coefficient (Wildman–Crippen LogP) is 1.01. The maximum Gasteiger partial charge on any atom is 0.0639 e. The van der Waals surface area contributed by atoms with Crippen molar-refractivity contribution in [2.45, 2.75) is 19.1 Å². The first-order valence-corrected chi connectivity index (χ1v) is 5.95. The minimum atomic E-state index is -0.260. The number of hydrogen-bond donors (Lipinski definition) is 2. The molecule has 2 atom stereocenters. The zero-order valence-electron chi connectivity index (χ0n) is 9.76. The third-order valence-corrected chi connectivity index (χ3v) is 3.04. The van der Waals surface area contributed by atoms with Crippen molar-refractivity contribution in [3.63, 3.8) is 0 Å². The van der Waals surface area contributed by atoms with E-state index < -0.39 is 0 Å². The van der Waals surface area contributed by atoms with Gasteiger partial charge in [0.2, 0.25) is 0 Å². The van der Waals surface area contributed by atoms with Crippen molar-refractivity contribution in [1.82, 2.24) is 10.2 Å². The molecule has 88 valence electrons. The SMILES string of the molecule is CC(O)CN1CCNCC1c1ccccc1. The highest BCUT2D eigenvalue weighted by atomic mass is 16.3. The molecule has 2 N–H and O–H groups in total. The van der Waals surface area contributed by atoms with E-state index in [0.29, 0.717) is 6.04 Å². The Morgan fingerprint density at radius 3 is 2.88 bits per heavy atom. The number of nitrogens with one attached hydrogen (secondary N) is 1. The van der Waals surface area contributed by atoms with Gasteiger partial charge in [0.15, 0.2) is 0 Å². The van der Waals surface area contributed by atoms with Crippen molar-refractivity contribution >= 4 is 0 Å². The molecular weight excluding hydrogens is 200 g/mol. The van der Waals surface area contributed by atoms with Gasteiger partial charge < -0.3 is 10.4 Å². The van der Waals surface area contributed by atoms with Gasteiger partial charge in [-0.2, -0.15) is 0 Å². The second kappa shape index (κ2) is 5.43. The first-order valence-electron chi connectivity index (χ1n) is 5.95. The highest BCUT2D eigenvalue weighted by molar-refractivity contribution is 5.20. The number of aliphatic hydroxyl groups excluding tert-OH is 1. The van der Waals surface area contributed by atoms with Crippen molar-refractivity contribution in [2.24, 2.45) is 0 Å². The number of piperazine rings is 1. The van der Waals surface area contributed by atoms with Crippen molar-refractivity contribution in [3.05, 3.63) is 35.9 Å². The van der Waals surface area contributed by atoms with Gasteiger partial charge >= 0.3 is 0 Å². The van der Waals surface area contributed by atoms with Gasteiger partial charge in [-0.1, -0.05) is 30.3 Å². The van der Waals surface area contributed by atoms with E-state index in [1.165, 1.54) is 5.56 Å². The molecule has 1 aliphatic heterocycles. The van der Waals surface area contributed by atoms with Gasteiger partial charge in [0, 0.05) is 32.2 Å². The van der Waals surface area contributed by atoms with Gasteiger partial charge in [0.05, 0.1) is 6.10 Å². The molecule has 1 aromatic rings. The van der Waals surface area contributed by atoms with E-state index in [-0.39, 0.29) is 6.10 Å². The van der Waals surface area contributed by atoms with E-state index in [2.05, 4.69) is 34.5 Å². The Kier molecular flexibility index (Phi) is 3.93. The van der Waals surface area contributed by atoms with Crippen LogP contribution < -0.4 is 5.32 Å². The smallest absolute Gasteiger partial charge is 0.0639 e. The van der Waals surface area contributed by atoms with E-state index in [9.17, 15) is 5.11 Å². The summed E-state index contributed by atoms with van der Waals surface area (Å²) in [6.45, 7) is 5.59. The molecule has 2 unspecified atom stereocenters. The number of hydrogen-bond acceptors (Lipinski definition) is 3. The number of benzene rings is 1. The van der Waals surface area contributed by atoms with Crippen molar-refractivity contribution in [1.29, 1.82) is 0 Å². The molecule has 0 bridgehead atoms. The Morgan fingerprint density at radius 1 is 1.44 bits per heavy atom. The molecule has 3 nitrogen and oxygen atoms in total. The van der Waals surface area contributed by atoms with Crippen LogP contribution in [0, 0.1) is 0 Å². The van der Waals surface area contributed by atoms with E-state index in [1.807, 2.05) is 13.0 Å². The van der Waals surface area contributed by atoms with Gasteiger partial charge in [-0.3, -0.25) is 4.90 Å². The van der Waals surface area contributed by atoms with Crippen LogP contribution in [0.3, 0.4) is 0 Å². The van der Waals surface area contributed by atoms with Gasteiger partial charge in [-0.15, -0.1) is 0 Å². The summed E-state index contributed by atoms with van der Waals surface area (Å²) in [6, 6.07) is 10.9. The summed E-state index contributed by atoms with van der Waals surface area (Å²) in [6.07, 6.45) is -0.260. The highest BCUT2D eigenvalue weighted by Gasteiger charge is 2.23. The summed E-state index contributed by atoms with van der Waals surface area (Å²) in [7, 11) is 0. The fourth-order valence-corrected chi connectivity index (χ4v) is 2.31. The quantitative estimate of drug-likeness (QED) is 0.798. The normalized spacial score (nSPS) is 24.2. The highest BCUT2D eigenvalue weighted by Crippen LogP contribution is 2.21. The Bertz CT molecular complexity index is 313. The van der Waals surface area contributed by atoms with Gasteiger partial charge in [0.1, 0.15) is 0 Å². The van der Waals surface area contributed by atoms with Crippen LogP contribution in [0.25, 0.3) is 0 Å². The largest absolute Gasteiger partial charge is 0.392 e. The molecule has 0 spiro atoms. The Balaban J connectivity index is 2.10. The average molecular weight is 220 g/mol. The summed E-state index contributed by atoms with van der Waals surface area (Å²) in [5.74, 6) is 0. The van der Waals surface area contributed by atoms with E-state index in [1.54, 1.807) is 0 Å². The maximum atomic E-state index is 9.51. The molecule has 0 saturated carbocycles. The molecule has 1 aromatic carbocycles. The molecule has 0 amide bonds. The van der Waals surface area contributed by atoms with E-state index in [4.69, 9.17) is 0 Å². The summed E-state index contributed by atoms with van der Waals surface area (Å²) in [5.41, 5.74) is 1.33. The first-order chi connectivity index (χ1) is 7.77. The molecule has 0 aliphatic carbocycles. The Labute approximate surface area is 97.1 Å². The van der Waals surface area contributed by atoms with Crippen molar-refractivity contribution in [2.75, 3.05) is 26.2 Å². The third-order valence-electron chi connectivity index (χ3n) is 3.04. The van der Waals surface area contributed by atoms with Crippen LogP contribution in [0.5, 0.6) is 0 Å². The van der Waals surface area contributed by atoms with E-state index >= 15 is 0 Å². The predicted molar refractivity (Wildman–Crippen MR) is 65.3 cm³/mol. The topological polar surface area (TPSA) is 35.5 Å². The lowest BCUT2D eigenvalue weighted by atomic mass is 10.0. The minimum Gasteiger partial charge on any atom is -0.392 e. The lowest BCUT2D eigenvalue weighted by molar-refractivity contribution is 0.0833. The van der Waals surface area contributed by atoms with Gasteiger partial charge in [0.25, 0.3) is 0 Å². The monoisotopic (exact) mass is 220 g/mol. The fourth-order valence-electron chi connectivity index (χ4n) is 2.31. The van der Waals surface area contributed by atoms with Gasteiger partial charge in [-0.25, -0.2) is 0 Å². The molecule has 0 radical (unpaired) electrons. The standard InChI is InChI=1S/C13H20N2O/c1-11(16)10-15-8-7-14-9-13(15)12-5-3-2-4-6-12/h2-6,11,13-14,16H,7-10H2,1H3. The van der Waals surface area contributed by atoms with Crippen LogP contribution in [0.15, 0.2) is 30.3 Å². The minimum absolute atomic E-state index is 0.260. The van der Waals surface area contributed by atoms with Crippen LogP contribution in [-0.2, 0) is 0 Å². The zero-order chi connectivity index (χ0) is 11.4. The molecule has 1 saturated heterocycles. The number of aliphatic hydroxyl groups is 1. The van der Waals surface area contributed by atoms with Gasteiger partial charge in [-0.05, 0) is 12.5 Å². The summed E-state index contributed by atoms with van der Waals surface area (Å²) in [5, 5.41) is 12.9. The molecule has 1 aliphatic rings. The zero-order valence-corrected chi connectivity index (χ0v) is 9.76. The molecule has 0 aromatic heterocycles. The molecule has 1 heterocycles. The number of nitrogens with zero attached hydrogens (tertiary/aromatic N) is 1. The third kappa shape index (κ3) is 2.82. The van der Waals surface area contributed by atoms with Crippen LogP contribution in [0.4, 0.5) is 0 Å². The van der Waals surface area contributed by atoms with E-state index in [0.717, 1.165) is 26.2 Å². The Hall–Kier alpha value is -0.900. The second-order valence-corrected chi connectivity index (χ2v) is 4.47. The molecule has 1 fully saturated rings. The summed E-state index contributed by atoms with van der Waals surface area (Å²) in [4.78, 5) is 2.36. The van der Waals surface area contributed by atoms with Crippen LogP contribution in [0.1, 0.15) is 18.5 Å². The fraction of sp³-hybridized carbons (Fsp3) is 0.538. The lowest BCUT2D eigenvalue weighted by Gasteiger charge is -2.37. The van der Waals surface area contributed by atoms with Crippen LogP contribution in [-0.4, -0.2) is 42.3 Å². The Morgan fingerprint density at radius 2 is 2.19 bits per heavy atom. The first kappa shape index (κ1) is 11.6. The van der Waals surface area contributed by atoms with Crippen LogP contribution in [0.2, 0.25) is 0 Å². The maximum absolute atomic E-state index is 9.51. The molecule has 2 rings (SSSR count). The lowest BCUT2D eigenvalue weighted by Crippen LogP contribution is -2.48. The number of β-amino-alcohol motifs (C(OH)–C–C–N with tert-alkyl or cyclic N) is 1. The average Bonchev–Trinajstić information content (AvgIpc) is 2.30. The second-order valence-electron chi connectivity index (χ2n) is 4.47. The molecule has 16 heavy (non-hydrogen) atoms. The van der Waals surface area contributed by atoms with Crippen LogP contribution >= 0.6 is 0 Å².